The lowest BCUT2D eigenvalue weighted by molar-refractivity contribution is 1.13. The molecule has 0 heterocycles. The molecule has 0 aliphatic heterocycles. The summed E-state index contributed by atoms with van der Waals surface area (Å²) in [5.41, 5.74) is 3.84. The first-order chi connectivity index (χ1) is 9.42. The molecule has 0 amide bonds. The molecule has 2 heteroatoms. The van der Waals surface area contributed by atoms with E-state index < -0.39 is 0 Å². The molecule has 98 valence electrons. The van der Waals surface area contributed by atoms with Crippen LogP contribution in [0.4, 0.5) is 0 Å². The zero-order valence-corrected chi connectivity index (χ0v) is 12.5. The Morgan fingerprint density at radius 1 is 0.895 bits per heavy atom. The van der Waals surface area contributed by atoms with Gasteiger partial charge < -0.3 is 0 Å². The van der Waals surface area contributed by atoms with Crippen molar-refractivity contribution in [3.8, 4) is 0 Å². The predicted molar refractivity (Wildman–Crippen MR) is 90.9 cm³/mol. The monoisotopic (exact) mass is 286 g/mol. The standard InChI is InChI=1S/C17H18S2/c18-12-7-13-19-14-17(15-8-3-1-4-9-15)16-10-5-2-6-11-16/h1-6,8-11,14,18H,7,12-13H2. The van der Waals surface area contributed by atoms with Crippen LogP contribution in [-0.2, 0) is 0 Å². The van der Waals surface area contributed by atoms with E-state index in [1.54, 1.807) is 0 Å². The SMILES string of the molecule is SCCCSC=C(c1ccccc1)c1ccccc1. The Kier molecular flexibility index (Phi) is 6.12. The maximum absolute atomic E-state index is 4.25. The van der Waals surface area contributed by atoms with Gasteiger partial charge in [-0.25, -0.2) is 0 Å². The first-order valence-corrected chi connectivity index (χ1v) is 8.13. The van der Waals surface area contributed by atoms with Crippen LogP contribution in [-0.4, -0.2) is 11.5 Å². The van der Waals surface area contributed by atoms with Crippen LogP contribution in [0, 0.1) is 0 Å². The number of hydrogen-bond acceptors (Lipinski definition) is 2. The van der Waals surface area contributed by atoms with Crippen molar-refractivity contribution >= 4 is 30.0 Å². The molecule has 0 fully saturated rings. The summed E-state index contributed by atoms with van der Waals surface area (Å²) >= 11 is 6.12. The molecule has 0 bridgehead atoms. The summed E-state index contributed by atoms with van der Waals surface area (Å²) in [6.45, 7) is 0. The van der Waals surface area contributed by atoms with E-state index in [1.165, 1.54) is 16.7 Å². The average Bonchev–Trinajstić information content (AvgIpc) is 2.49. The van der Waals surface area contributed by atoms with E-state index in [-0.39, 0.29) is 0 Å². The van der Waals surface area contributed by atoms with Gasteiger partial charge >= 0.3 is 0 Å². The van der Waals surface area contributed by atoms with Crippen LogP contribution in [0.5, 0.6) is 0 Å². The summed E-state index contributed by atoms with van der Waals surface area (Å²) in [6, 6.07) is 21.1. The van der Waals surface area contributed by atoms with Crippen molar-refractivity contribution in [1.29, 1.82) is 0 Å². The van der Waals surface area contributed by atoms with E-state index in [9.17, 15) is 0 Å². The maximum Gasteiger partial charge on any atom is -0.00180 e. The van der Waals surface area contributed by atoms with Crippen molar-refractivity contribution in [3.05, 3.63) is 77.2 Å². The predicted octanol–water partition coefficient (Wildman–Crippen LogP) is 5.13. The second-order valence-corrected chi connectivity index (χ2v) is 5.64. The Morgan fingerprint density at radius 2 is 1.42 bits per heavy atom. The van der Waals surface area contributed by atoms with E-state index >= 15 is 0 Å². The number of hydrogen-bond donors (Lipinski definition) is 1. The molecule has 0 nitrogen and oxygen atoms in total. The van der Waals surface area contributed by atoms with Crippen LogP contribution in [0.2, 0.25) is 0 Å². The van der Waals surface area contributed by atoms with Gasteiger partial charge in [0.05, 0.1) is 0 Å². The molecule has 2 aromatic carbocycles. The van der Waals surface area contributed by atoms with Crippen LogP contribution in [0.1, 0.15) is 17.5 Å². The fraction of sp³-hybridized carbons (Fsp3) is 0.176. The molecular formula is C17H18S2. The molecule has 0 N–H and O–H groups in total. The molecule has 19 heavy (non-hydrogen) atoms. The Labute approximate surface area is 125 Å². The minimum atomic E-state index is 0.951. The number of rotatable bonds is 6. The second-order valence-electron chi connectivity index (χ2n) is 4.21. The number of thioether (sulfide) groups is 1. The van der Waals surface area contributed by atoms with Crippen molar-refractivity contribution in [3.63, 3.8) is 0 Å². The minimum absolute atomic E-state index is 0.951. The Bertz CT molecular complexity index is 462. The number of benzene rings is 2. The van der Waals surface area contributed by atoms with Crippen molar-refractivity contribution < 1.29 is 0 Å². The van der Waals surface area contributed by atoms with Crippen LogP contribution in [0.15, 0.2) is 66.1 Å². The highest BCUT2D eigenvalue weighted by Gasteiger charge is 2.03. The second kappa shape index (κ2) is 8.13. The van der Waals surface area contributed by atoms with Crippen molar-refractivity contribution in [2.75, 3.05) is 11.5 Å². The molecule has 0 aliphatic rings. The molecular weight excluding hydrogens is 268 g/mol. The van der Waals surface area contributed by atoms with Crippen LogP contribution >= 0.6 is 24.4 Å². The zero-order chi connectivity index (χ0) is 13.3. The molecule has 0 spiro atoms. The summed E-state index contributed by atoms with van der Waals surface area (Å²) in [4.78, 5) is 0. The van der Waals surface area contributed by atoms with Gasteiger partial charge in [-0.3, -0.25) is 0 Å². The first-order valence-electron chi connectivity index (χ1n) is 6.45. The van der Waals surface area contributed by atoms with Gasteiger partial charge in [-0.15, -0.1) is 11.8 Å². The lowest BCUT2D eigenvalue weighted by Gasteiger charge is -2.08. The third kappa shape index (κ3) is 4.48. The fourth-order valence-corrected chi connectivity index (χ4v) is 3.07. The van der Waals surface area contributed by atoms with E-state index in [1.807, 2.05) is 11.8 Å². The van der Waals surface area contributed by atoms with Crippen molar-refractivity contribution in [2.45, 2.75) is 6.42 Å². The van der Waals surface area contributed by atoms with E-state index in [0.717, 1.165) is 17.9 Å². The molecule has 2 rings (SSSR count). The van der Waals surface area contributed by atoms with Gasteiger partial charge in [-0.05, 0) is 40.0 Å². The molecule has 0 radical (unpaired) electrons. The highest BCUT2D eigenvalue weighted by Crippen LogP contribution is 2.26. The summed E-state index contributed by atoms with van der Waals surface area (Å²) in [5.74, 6) is 2.07. The van der Waals surface area contributed by atoms with Crippen molar-refractivity contribution in [2.24, 2.45) is 0 Å². The summed E-state index contributed by atoms with van der Waals surface area (Å²) in [6.07, 6.45) is 1.14. The Hall–Kier alpha value is -1.12. The molecule has 0 atom stereocenters. The van der Waals surface area contributed by atoms with Gasteiger partial charge in [-0.1, -0.05) is 60.7 Å². The highest BCUT2D eigenvalue weighted by atomic mass is 32.2. The third-order valence-corrected chi connectivity index (χ3v) is 4.03. The topological polar surface area (TPSA) is 0 Å². The highest BCUT2D eigenvalue weighted by molar-refractivity contribution is 8.02. The van der Waals surface area contributed by atoms with E-state index in [4.69, 9.17) is 0 Å². The van der Waals surface area contributed by atoms with Gasteiger partial charge in [0.15, 0.2) is 0 Å². The normalized spacial score (nSPS) is 10.2. The quantitative estimate of drug-likeness (QED) is 0.567. The fourth-order valence-electron chi connectivity index (χ4n) is 1.83. The van der Waals surface area contributed by atoms with E-state index in [0.29, 0.717) is 0 Å². The summed E-state index contributed by atoms with van der Waals surface area (Å²) in [5, 5.41) is 2.27. The van der Waals surface area contributed by atoms with Crippen molar-refractivity contribution in [1.82, 2.24) is 0 Å². The van der Waals surface area contributed by atoms with Gasteiger partial charge in [0.2, 0.25) is 0 Å². The lowest BCUT2D eigenvalue weighted by atomic mass is 10.00. The molecule has 0 saturated carbocycles. The van der Waals surface area contributed by atoms with Gasteiger partial charge in [0.1, 0.15) is 0 Å². The Balaban J connectivity index is 2.24. The van der Waals surface area contributed by atoms with Gasteiger partial charge in [0, 0.05) is 0 Å². The Morgan fingerprint density at radius 3 is 1.89 bits per heavy atom. The summed E-state index contributed by atoms with van der Waals surface area (Å²) < 4.78 is 0. The third-order valence-electron chi connectivity index (χ3n) is 2.79. The molecule has 0 aromatic heterocycles. The smallest absolute Gasteiger partial charge is 0.00180 e. The van der Waals surface area contributed by atoms with Crippen LogP contribution in [0.3, 0.4) is 0 Å². The maximum atomic E-state index is 4.25. The minimum Gasteiger partial charge on any atom is -0.179 e. The summed E-state index contributed by atoms with van der Waals surface area (Å²) in [7, 11) is 0. The average molecular weight is 286 g/mol. The first kappa shape index (κ1) is 14.3. The molecule has 2 aromatic rings. The van der Waals surface area contributed by atoms with Gasteiger partial charge in [-0.2, -0.15) is 12.6 Å². The molecule has 0 saturated heterocycles. The van der Waals surface area contributed by atoms with Gasteiger partial charge in [0.25, 0.3) is 0 Å². The van der Waals surface area contributed by atoms with E-state index in [2.05, 4.69) is 78.7 Å². The molecule has 0 unspecified atom stereocenters. The van der Waals surface area contributed by atoms with Crippen LogP contribution in [0.25, 0.3) is 5.57 Å². The zero-order valence-electron chi connectivity index (χ0n) is 10.8. The lowest BCUT2D eigenvalue weighted by Crippen LogP contribution is -1.87. The largest absolute Gasteiger partial charge is 0.179 e. The van der Waals surface area contributed by atoms with Crippen LogP contribution < -0.4 is 0 Å². The molecule has 0 aliphatic carbocycles. The number of thiol groups is 1.